The fourth-order valence-corrected chi connectivity index (χ4v) is 2.14. The van der Waals surface area contributed by atoms with E-state index >= 15 is 0 Å². The first-order valence-electron chi connectivity index (χ1n) is 7.65. The number of carbonyl (C=O) groups excluding carboxylic acids is 1. The maximum absolute atomic E-state index is 11.9. The van der Waals surface area contributed by atoms with E-state index in [1.165, 1.54) is 24.3 Å². The summed E-state index contributed by atoms with van der Waals surface area (Å²) in [5.41, 5.74) is 0.881. The second-order valence-electron chi connectivity index (χ2n) is 5.09. The lowest BCUT2D eigenvalue weighted by atomic mass is 10.1. The molecule has 0 atom stereocenters. The lowest BCUT2D eigenvalue weighted by molar-refractivity contribution is -0.384. The molecule has 0 aliphatic carbocycles. The van der Waals surface area contributed by atoms with Crippen LogP contribution >= 0.6 is 0 Å². The normalized spacial score (nSPS) is 10.6. The maximum atomic E-state index is 11.9. The van der Waals surface area contributed by atoms with Crippen molar-refractivity contribution in [2.45, 2.75) is 13.5 Å². The van der Waals surface area contributed by atoms with Crippen LogP contribution in [0.5, 0.6) is 11.5 Å². The predicted molar refractivity (Wildman–Crippen MR) is 93.3 cm³/mol. The maximum Gasteiger partial charge on any atom is 0.270 e. The molecule has 0 heterocycles. The third-order valence-corrected chi connectivity index (χ3v) is 3.36. The molecule has 0 aliphatic heterocycles. The van der Waals surface area contributed by atoms with Crippen LogP contribution in [0.25, 0.3) is 6.08 Å². The summed E-state index contributed by atoms with van der Waals surface area (Å²) in [6.07, 6.45) is 2.96. The highest BCUT2D eigenvalue weighted by molar-refractivity contribution is 5.92. The molecule has 2 rings (SSSR count). The van der Waals surface area contributed by atoms with Gasteiger partial charge in [-0.3, -0.25) is 14.9 Å². The van der Waals surface area contributed by atoms with E-state index in [0.29, 0.717) is 12.4 Å². The molecule has 0 spiro atoms. The number of hydrogen-bond donors (Lipinski definition) is 2. The first kappa shape index (κ1) is 18.0. The van der Waals surface area contributed by atoms with Gasteiger partial charge < -0.3 is 15.2 Å². The van der Waals surface area contributed by atoms with Gasteiger partial charge in [0.1, 0.15) is 11.5 Å². The third kappa shape index (κ3) is 5.07. The van der Waals surface area contributed by atoms with E-state index in [4.69, 9.17) is 4.74 Å². The zero-order valence-electron chi connectivity index (χ0n) is 13.6. The number of phenolic OH excluding ortho intramolecular Hbond substituents is 1. The molecule has 0 radical (unpaired) electrons. The second kappa shape index (κ2) is 8.49. The Morgan fingerprint density at radius 2 is 2.08 bits per heavy atom. The van der Waals surface area contributed by atoms with Gasteiger partial charge in [0, 0.05) is 35.9 Å². The Balaban J connectivity index is 2.02. The Kier molecular flexibility index (Phi) is 6.11. The number of ether oxygens (including phenoxy) is 1. The van der Waals surface area contributed by atoms with Crippen LogP contribution in [-0.4, -0.2) is 22.5 Å². The monoisotopic (exact) mass is 342 g/mol. The quantitative estimate of drug-likeness (QED) is 0.457. The Morgan fingerprint density at radius 1 is 1.32 bits per heavy atom. The van der Waals surface area contributed by atoms with Gasteiger partial charge in [-0.15, -0.1) is 0 Å². The first-order chi connectivity index (χ1) is 12.0. The van der Waals surface area contributed by atoms with E-state index in [2.05, 4.69) is 5.32 Å². The van der Waals surface area contributed by atoms with E-state index in [1.807, 2.05) is 31.2 Å². The largest absolute Gasteiger partial charge is 0.508 e. The van der Waals surface area contributed by atoms with E-state index in [1.54, 1.807) is 6.08 Å². The van der Waals surface area contributed by atoms with E-state index in [-0.39, 0.29) is 23.5 Å². The number of aromatic hydroxyl groups is 1. The Labute approximate surface area is 144 Å². The van der Waals surface area contributed by atoms with Crippen molar-refractivity contribution >= 4 is 17.7 Å². The molecular formula is C18H18N2O5. The molecule has 2 N–H and O–H groups in total. The minimum Gasteiger partial charge on any atom is -0.508 e. The molecule has 2 aromatic carbocycles. The Morgan fingerprint density at radius 3 is 2.80 bits per heavy atom. The van der Waals surface area contributed by atoms with Gasteiger partial charge in [-0.25, -0.2) is 0 Å². The molecule has 0 aliphatic rings. The molecule has 7 nitrogen and oxygen atoms in total. The summed E-state index contributed by atoms with van der Waals surface area (Å²) in [4.78, 5) is 22.1. The van der Waals surface area contributed by atoms with E-state index < -0.39 is 10.8 Å². The van der Waals surface area contributed by atoms with Gasteiger partial charge in [0.25, 0.3) is 5.69 Å². The van der Waals surface area contributed by atoms with Crippen molar-refractivity contribution in [1.82, 2.24) is 5.32 Å². The van der Waals surface area contributed by atoms with Gasteiger partial charge in [-0.2, -0.15) is 0 Å². The van der Waals surface area contributed by atoms with Gasteiger partial charge in [0.2, 0.25) is 5.91 Å². The van der Waals surface area contributed by atoms with Crippen LogP contribution in [0.15, 0.2) is 48.5 Å². The van der Waals surface area contributed by atoms with Crippen molar-refractivity contribution in [3.8, 4) is 11.5 Å². The average molecular weight is 342 g/mol. The van der Waals surface area contributed by atoms with Gasteiger partial charge in [0.05, 0.1) is 11.5 Å². The predicted octanol–water partition coefficient (Wildman–Crippen LogP) is 3.03. The highest BCUT2D eigenvalue weighted by Gasteiger charge is 2.10. The van der Waals surface area contributed by atoms with Crippen LogP contribution < -0.4 is 10.1 Å². The number of hydrogen-bond acceptors (Lipinski definition) is 5. The second-order valence-corrected chi connectivity index (χ2v) is 5.09. The molecule has 0 saturated carbocycles. The number of rotatable bonds is 7. The molecule has 0 aromatic heterocycles. The van der Waals surface area contributed by atoms with Crippen molar-refractivity contribution in [2.75, 3.05) is 6.61 Å². The number of benzene rings is 2. The lowest BCUT2D eigenvalue weighted by Crippen LogP contribution is -2.20. The molecule has 2 aromatic rings. The number of nitrogens with zero attached hydrogens (tertiary/aromatic N) is 1. The lowest BCUT2D eigenvalue weighted by Gasteiger charge is -2.07. The minimum atomic E-state index is -0.560. The summed E-state index contributed by atoms with van der Waals surface area (Å²) in [6, 6.07) is 11.0. The molecule has 7 heteroatoms. The van der Waals surface area contributed by atoms with E-state index in [0.717, 1.165) is 5.56 Å². The molecule has 0 fully saturated rings. The zero-order valence-corrected chi connectivity index (χ0v) is 13.6. The number of phenols is 1. The SMILES string of the molecule is CCOc1ccccc1/C=C/C(=O)NCc1cc([N+](=O)[O-])ccc1O. The van der Waals surface area contributed by atoms with Gasteiger partial charge in [-0.1, -0.05) is 18.2 Å². The molecule has 0 saturated heterocycles. The number of carbonyl (C=O) groups is 1. The van der Waals surface area contributed by atoms with E-state index in [9.17, 15) is 20.0 Å². The molecule has 25 heavy (non-hydrogen) atoms. The number of para-hydroxylation sites is 1. The van der Waals surface area contributed by atoms with Crippen LogP contribution in [0.2, 0.25) is 0 Å². The summed E-state index contributed by atoms with van der Waals surface area (Å²) >= 11 is 0. The number of amides is 1. The number of nitro benzene ring substituents is 1. The first-order valence-corrected chi connectivity index (χ1v) is 7.65. The van der Waals surface area contributed by atoms with Crippen LogP contribution in [0.4, 0.5) is 5.69 Å². The molecule has 0 unspecified atom stereocenters. The molecule has 130 valence electrons. The fourth-order valence-electron chi connectivity index (χ4n) is 2.14. The highest BCUT2D eigenvalue weighted by Crippen LogP contribution is 2.23. The topological polar surface area (TPSA) is 102 Å². The summed E-state index contributed by atoms with van der Waals surface area (Å²) in [5.74, 6) is 0.166. The smallest absolute Gasteiger partial charge is 0.270 e. The number of nitro groups is 1. The van der Waals surface area contributed by atoms with Crippen LogP contribution in [0.3, 0.4) is 0 Å². The van der Waals surface area contributed by atoms with Gasteiger partial charge >= 0.3 is 0 Å². The average Bonchev–Trinajstić information content (AvgIpc) is 2.60. The molecule has 0 bridgehead atoms. The fraction of sp³-hybridized carbons (Fsp3) is 0.167. The number of non-ortho nitro benzene ring substituents is 1. The van der Waals surface area contributed by atoms with Crippen molar-refractivity contribution in [3.05, 3.63) is 69.8 Å². The van der Waals surface area contributed by atoms with Crippen molar-refractivity contribution < 1.29 is 19.6 Å². The summed E-state index contributed by atoms with van der Waals surface area (Å²) in [5, 5.41) is 23.1. The van der Waals surface area contributed by atoms with Crippen molar-refractivity contribution in [2.24, 2.45) is 0 Å². The third-order valence-electron chi connectivity index (χ3n) is 3.36. The van der Waals surface area contributed by atoms with Crippen molar-refractivity contribution in [1.29, 1.82) is 0 Å². The minimum absolute atomic E-state index is 0.0240. The zero-order chi connectivity index (χ0) is 18.2. The highest BCUT2D eigenvalue weighted by atomic mass is 16.6. The summed E-state index contributed by atoms with van der Waals surface area (Å²) < 4.78 is 5.47. The molecule has 1 amide bonds. The van der Waals surface area contributed by atoms with Crippen LogP contribution in [-0.2, 0) is 11.3 Å². The summed E-state index contributed by atoms with van der Waals surface area (Å²) in [6.45, 7) is 2.37. The van der Waals surface area contributed by atoms with Gasteiger partial charge in [-0.05, 0) is 25.1 Å². The van der Waals surface area contributed by atoms with Gasteiger partial charge in [0.15, 0.2) is 0 Å². The Bertz CT molecular complexity index is 802. The standard InChI is InChI=1S/C18H18N2O5/c1-2-25-17-6-4-3-5-13(17)7-10-18(22)19-12-14-11-15(20(23)24)8-9-16(14)21/h3-11,21H,2,12H2,1H3,(H,19,22)/b10-7+. The van der Waals surface area contributed by atoms with Crippen LogP contribution in [0.1, 0.15) is 18.1 Å². The Hall–Kier alpha value is -3.35. The van der Waals surface area contributed by atoms with Crippen molar-refractivity contribution in [3.63, 3.8) is 0 Å². The summed E-state index contributed by atoms with van der Waals surface area (Å²) in [7, 11) is 0. The number of nitrogens with one attached hydrogen (secondary N) is 1. The van der Waals surface area contributed by atoms with Crippen LogP contribution in [0, 0.1) is 10.1 Å². The molecular weight excluding hydrogens is 324 g/mol.